The third kappa shape index (κ3) is 3.33. The summed E-state index contributed by atoms with van der Waals surface area (Å²) in [6.45, 7) is 0. The summed E-state index contributed by atoms with van der Waals surface area (Å²) in [5, 5.41) is 1.04. The molecule has 0 amide bonds. The second-order valence-corrected chi connectivity index (χ2v) is 5.92. The Balaban J connectivity index is 1.81. The summed E-state index contributed by atoms with van der Waals surface area (Å²) in [5.41, 5.74) is 3.94. The van der Waals surface area contributed by atoms with Gasteiger partial charge in [0.15, 0.2) is 5.82 Å². The molecule has 3 heteroatoms. The van der Waals surface area contributed by atoms with E-state index in [2.05, 4.69) is 24.3 Å². The zero-order valence-corrected chi connectivity index (χ0v) is 14.5. The predicted molar refractivity (Wildman–Crippen MR) is 107 cm³/mol. The Morgan fingerprint density at radius 1 is 0.731 bits per heavy atom. The van der Waals surface area contributed by atoms with Crippen molar-refractivity contribution in [1.29, 1.82) is 0 Å². The Bertz CT molecular complexity index is 1050. The van der Waals surface area contributed by atoms with Gasteiger partial charge in [-0.2, -0.15) is 0 Å². The summed E-state index contributed by atoms with van der Waals surface area (Å²) in [6, 6.07) is 26.1. The normalized spacial score (nSPS) is 11.1. The summed E-state index contributed by atoms with van der Waals surface area (Å²) in [7, 11) is 1.66. The summed E-state index contributed by atoms with van der Waals surface area (Å²) in [6.07, 6.45) is 4.12. The molecule has 4 aromatic rings. The van der Waals surface area contributed by atoms with Crippen LogP contribution in [0.25, 0.3) is 34.4 Å². The minimum Gasteiger partial charge on any atom is -0.497 e. The van der Waals surface area contributed by atoms with Crippen LogP contribution >= 0.6 is 0 Å². The van der Waals surface area contributed by atoms with Crippen molar-refractivity contribution in [2.45, 2.75) is 0 Å². The van der Waals surface area contributed by atoms with E-state index in [1.54, 1.807) is 7.11 Å². The van der Waals surface area contributed by atoms with Gasteiger partial charge in [0.1, 0.15) is 5.75 Å². The van der Waals surface area contributed by atoms with Gasteiger partial charge in [-0.1, -0.05) is 54.6 Å². The second kappa shape index (κ2) is 7.19. The third-order valence-electron chi connectivity index (χ3n) is 4.21. The Morgan fingerprint density at radius 2 is 1.46 bits per heavy atom. The monoisotopic (exact) mass is 338 g/mol. The second-order valence-electron chi connectivity index (χ2n) is 5.92. The predicted octanol–water partition coefficient (Wildman–Crippen LogP) is 5.48. The minimum absolute atomic E-state index is 0.707. The van der Waals surface area contributed by atoms with Crippen molar-refractivity contribution in [1.82, 2.24) is 9.97 Å². The molecule has 0 bridgehead atoms. The summed E-state index contributed by atoms with van der Waals surface area (Å²) >= 11 is 0. The van der Waals surface area contributed by atoms with E-state index >= 15 is 0 Å². The van der Waals surface area contributed by atoms with Gasteiger partial charge in [-0.05, 0) is 42.0 Å². The molecule has 26 heavy (non-hydrogen) atoms. The number of hydrogen-bond donors (Lipinski definition) is 0. The number of nitrogens with zero attached hydrogens (tertiary/aromatic N) is 2. The van der Waals surface area contributed by atoms with Crippen LogP contribution in [0.15, 0.2) is 78.9 Å². The van der Waals surface area contributed by atoms with Crippen molar-refractivity contribution in [3.63, 3.8) is 0 Å². The molecule has 0 spiro atoms. The van der Waals surface area contributed by atoms with Gasteiger partial charge in [-0.3, -0.25) is 0 Å². The van der Waals surface area contributed by atoms with E-state index in [4.69, 9.17) is 14.7 Å². The van der Waals surface area contributed by atoms with Gasteiger partial charge in [0, 0.05) is 10.9 Å². The maximum atomic E-state index is 5.23. The average Bonchev–Trinajstić information content (AvgIpc) is 2.72. The highest BCUT2D eigenvalue weighted by atomic mass is 16.5. The SMILES string of the molecule is COc1ccc(-c2nc(/C=C/c3ccccc3)c3ccccc3n2)cc1. The average molecular weight is 338 g/mol. The number of ether oxygens (including phenoxy) is 1. The van der Waals surface area contributed by atoms with Crippen LogP contribution in [0.1, 0.15) is 11.3 Å². The Hall–Kier alpha value is -3.46. The molecule has 0 radical (unpaired) electrons. The van der Waals surface area contributed by atoms with E-state index in [-0.39, 0.29) is 0 Å². The largest absolute Gasteiger partial charge is 0.497 e. The minimum atomic E-state index is 0.707. The third-order valence-corrected chi connectivity index (χ3v) is 4.21. The van der Waals surface area contributed by atoms with Crippen LogP contribution in [0.3, 0.4) is 0 Å². The molecule has 0 fully saturated rings. The molecule has 0 atom stereocenters. The number of benzene rings is 3. The van der Waals surface area contributed by atoms with Gasteiger partial charge >= 0.3 is 0 Å². The van der Waals surface area contributed by atoms with E-state index < -0.39 is 0 Å². The molecule has 0 N–H and O–H groups in total. The summed E-state index contributed by atoms with van der Waals surface area (Å²) in [4.78, 5) is 9.53. The van der Waals surface area contributed by atoms with E-state index in [0.29, 0.717) is 5.82 Å². The van der Waals surface area contributed by atoms with Crippen LogP contribution in [-0.4, -0.2) is 17.1 Å². The molecule has 1 heterocycles. The van der Waals surface area contributed by atoms with Crippen molar-refractivity contribution < 1.29 is 4.74 Å². The van der Waals surface area contributed by atoms with Crippen LogP contribution in [-0.2, 0) is 0 Å². The molecule has 126 valence electrons. The van der Waals surface area contributed by atoms with Crippen molar-refractivity contribution in [3.05, 3.63) is 90.1 Å². The van der Waals surface area contributed by atoms with Gasteiger partial charge < -0.3 is 4.74 Å². The Kier molecular flexibility index (Phi) is 4.44. The van der Waals surface area contributed by atoms with Gasteiger partial charge in [0.2, 0.25) is 0 Å². The number of hydrogen-bond acceptors (Lipinski definition) is 3. The lowest BCUT2D eigenvalue weighted by Gasteiger charge is -2.07. The zero-order chi connectivity index (χ0) is 17.8. The number of methoxy groups -OCH3 is 1. The number of para-hydroxylation sites is 1. The molecular formula is C23H18N2O. The zero-order valence-electron chi connectivity index (χ0n) is 14.5. The highest BCUT2D eigenvalue weighted by Gasteiger charge is 2.08. The van der Waals surface area contributed by atoms with E-state index in [9.17, 15) is 0 Å². The Labute approximate surface area is 152 Å². The van der Waals surface area contributed by atoms with Gasteiger partial charge in [0.05, 0.1) is 18.3 Å². The fourth-order valence-corrected chi connectivity index (χ4v) is 2.84. The first-order valence-electron chi connectivity index (χ1n) is 8.48. The molecule has 3 nitrogen and oxygen atoms in total. The van der Waals surface area contributed by atoms with Crippen LogP contribution < -0.4 is 4.74 Å². The van der Waals surface area contributed by atoms with Crippen molar-refractivity contribution >= 4 is 23.1 Å². The van der Waals surface area contributed by atoms with Gasteiger partial charge in [-0.25, -0.2) is 9.97 Å². The maximum Gasteiger partial charge on any atom is 0.160 e. The first-order valence-corrected chi connectivity index (χ1v) is 8.48. The molecule has 3 aromatic carbocycles. The molecule has 0 aliphatic carbocycles. The van der Waals surface area contributed by atoms with Crippen molar-refractivity contribution in [3.8, 4) is 17.1 Å². The van der Waals surface area contributed by atoms with E-state index in [1.165, 1.54) is 0 Å². The molecular weight excluding hydrogens is 320 g/mol. The lowest BCUT2D eigenvalue weighted by molar-refractivity contribution is 0.415. The summed E-state index contributed by atoms with van der Waals surface area (Å²) < 4.78 is 5.23. The molecule has 1 aromatic heterocycles. The maximum absolute atomic E-state index is 5.23. The lowest BCUT2D eigenvalue weighted by atomic mass is 10.1. The fraction of sp³-hybridized carbons (Fsp3) is 0.0435. The van der Waals surface area contributed by atoms with Gasteiger partial charge in [0.25, 0.3) is 0 Å². The van der Waals surface area contributed by atoms with Crippen LogP contribution in [0.4, 0.5) is 0 Å². The van der Waals surface area contributed by atoms with E-state index in [1.807, 2.05) is 66.7 Å². The number of rotatable bonds is 4. The standard InChI is InChI=1S/C23H18N2O/c1-26-19-14-12-18(13-15-19)23-24-21-10-6-5-9-20(21)22(25-23)16-11-17-7-3-2-4-8-17/h2-16H,1H3/b16-11+. The number of fused-ring (bicyclic) bond motifs is 1. The topological polar surface area (TPSA) is 35.0 Å². The van der Waals surface area contributed by atoms with E-state index in [0.717, 1.165) is 33.5 Å². The van der Waals surface area contributed by atoms with Crippen LogP contribution in [0.2, 0.25) is 0 Å². The molecule has 0 saturated heterocycles. The van der Waals surface area contributed by atoms with Crippen LogP contribution in [0.5, 0.6) is 5.75 Å². The summed E-state index contributed by atoms with van der Waals surface area (Å²) in [5.74, 6) is 1.53. The highest BCUT2D eigenvalue weighted by Crippen LogP contribution is 2.24. The first kappa shape index (κ1) is 16.0. The van der Waals surface area contributed by atoms with Crippen molar-refractivity contribution in [2.24, 2.45) is 0 Å². The smallest absolute Gasteiger partial charge is 0.160 e. The molecule has 0 aliphatic rings. The number of aromatic nitrogens is 2. The highest BCUT2D eigenvalue weighted by molar-refractivity contribution is 5.90. The molecule has 0 saturated carbocycles. The van der Waals surface area contributed by atoms with Crippen LogP contribution in [0, 0.1) is 0 Å². The molecule has 0 aliphatic heterocycles. The van der Waals surface area contributed by atoms with Crippen molar-refractivity contribution in [2.75, 3.05) is 7.11 Å². The Morgan fingerprint density at radius 3 is 2.23 bits per heavy atom. The quantitative estimate of drug-likeness (QED) is 0.494. The van der Waals surface area contributed by atoms with Gasteiger partial charge in [-0.15, -0.1) is 0 Å². The fourth-order valence-electron chi connectivity index (χ4n) is 2.84. The lowest BCUT2D eigenvalue weighted by Crippen LogP contribution is -1.94. The molecule has 4 rings (SSSR count). The first-order chi connectivity index (χ1) is 12.8. The molecule has 0 unspecified atom stereocenters.